The zero-order chi connectivity index (χ0) is 13.8. The number of aromatic nitrogens is 2. The minimum absolute atomic E-state index is 0.0973. The van der Waals surface area contributed by atoms with Gasteiger partial charge in [0.25, 0.3) is 5.56 Å². The van der Waals surface area contributed by atoms with E-state index < -0.39 is 0 Å². The third-order valence-electron chi connectivity index (χ3n) is 3.33. The number of carbonyl (C=O) groups excluding carboxylic acids is 1. The van der Waals surface area contributed by atoms with E-state index in [1.165, 1.54) is 6.07 Å². The largest absolute Gasteiger partial charge is 0.350 e. The van der Waals surface area contributed by atoms with Crippen LogP contribution in [0.4, 0.5) is 5.82 Å². The number of anilines is 1. The second kappa shape index (κ2) is 5.86. The summed E-state index contributed by atoms with van der Waals surface area (Å²) in [7, 11) is 1.79. The molecule has 0 unspecified atom stereocenters. The van der Waals surface area contributed by atoms with E-state index in [0.717, 1.165) is 25.9 Å². The van der Waals surface area contributed by atoms with Crippen LogP contribution >= 0.6 is 0 Å². The predicted octanol–water partition coefficient (Wildman–Crippen LogP) is 0.391. The van der Waals surface area contributed by atoms with Gasteiger partial charge in [0.05, 0.1) is 6.54 Å². The van der Waals surface area contributed by atoms with E-state index in [-0.39, 0.29) is 18.0 Å². The second-order valence-electron chi connectivity index (χ2n) is 4.85. The molecule has 6 nitrogen and oxygen atoms in total. The third kappa shape index (κ3) is 3.33. The molecule has 1 amide bonds. The van der Waals surface area contributed by atoms with Gasteiger partial charge in [-0.05, 0) is 12.8 Å². The number of likely N-dealkylation sites (tertiary alicyclic amines) is 1. The number of likely N-dealkylation sites (N-methyl/N-ethyl adjacent to an activating group) is 1. The van der Waals surface area contributed by atoms with Crippen molar-refractivity contribution in [3.8, 4) is 0 Å². The van der Waals surface area contributed by atoms with E-state index in [1.807, 2.05) is 11.8 Å². The first-order valence-electron chi connectivity index (χ1n) is 6.69. The molecule has 1 N–H and O–H groups in total. The number of aryl methyl sites for hydroxylation is 1. The van der Waals surface area contributed by atoms with Crippen molar-refractivity contribution in [1.82, 2.24) is 14.9 Å². The Hall–Kier alpha value is -1.85. The molecule has 0 spiro atoms. The molecule has 19 heavy (non-hydrogen) atoms. The Balaban J connectivity index is 2.06. The van der Waals surface area contributed by atoms with Gasteiger partial charge in [-0.25, -0.2) is 4.98 Å². The van der Waals surface area contributed by atoms with Gasteiger partial charge in [-0.3, -0.25) is 9.59 Å². The molecule has 1 aliphatic heterocycles. The van der Waals surface area contributed by atoms with E-state index in [4.69, 9.17) is 0 Å². The van der Waals surface area contributed by atoms with Gasteiger partial charge >= 0.3 is 0 Å². The van der Waals surface area contributed by atoms with E-state index in [0.29, 0.717) is 18.1 Å². The smallest absolute Gasteiger partial charge is 0.252 e. The van der Waals surface area contributed by atoms with Gasteiger partial charge in [-0.15, -0.1) is 0 Å². The van der Waals surface area contributed by atoms with Crippen molar-refractivity contribution in [2.45, 2.75) is 26.2 Å². The van der Waals surface area contributed by atoms with Crippen molar-refractivity contribution < 1.29 is 4.79 Å². The fraction of sp³-hybridized carbons (Fsp3) is 0.615. The number of rotatable bonds is 4. The zero-order valence-electron chi connectivity index (χ0n) is 11.5. The van der Waals surface area contributed by atoms with Crippen LogP contribution in [-0.4, -0.2) is 47.5 Å². The molecular formula is C13H20N4O2. The van der Waals surface area contributed by atoms with Gasteiger partial charge in [0, 0.05) is 32.6 Å². The summed E-state index contributed by atoms with van der Waals surface area (Å²) in [6, 6.07) is 1.43. The Bertz CT molecular complexity index is 506. The first-order chi connectivity index (χ1) is 9.10. The summed E-state index contributed by atoms with van der Waals surface area (Å²) >= 11 is 0. The maximum Gasteiger partial charge on any atom is 0.252 e. The Morgan fingerprint density at radius 1 is 1.47 bits per heavy atom. The van der Waals surface area contributed by atoms with Crippen LogP contribution in [0.15, 0.2) is 10.9 Å². The number of nitrogens with one attached hydrogen (secondary N) is 1. The van der Waals surface area contributed by atoms with Crippen molar-refractivity contribution in [2.24, 2.45) is 0 Å². The number of amides is 1. The average Bonchev–Trinajstić information content (AvgIpc) is 2.91. The molecule has 1 aromatic heterocycles. The van der Waals surface area contributed by atoms with Gasteiger partial charge in [0.15, 0.2) is 0 Å². The highest BCUT2D eigenvalue weighted by molar-refractivity contribution is 5.81. The van der Waals surface area contributed by atoms with Crippen LogP contribution in [0, 0.1) is 0 Å². The van der Waals surface area contributed by atoms with E-state index in [9.17, 15) is 9.59 Å². The fourth-order valence-electron chi connectivity index (χ4n) is 2.21. The summed E-state index contributed by atoms with van der Waals surface area (Å²) in [5.41, 5.74) is -0.178. The number of H-pyrrole nitrogens is 1. The van der Waals surface area contributed by atoms with Crippen molar-refractivity contribution in [3.05, 3.63) is 22.2 Å². The molecule has 0 atom stereocenters. The van der Waals surface area contributed by atoms with Crippen LogP contribution in [0.25, 0.3) is 0 Å². The SMILES string of the molecule is CCc1nc(N(C)CC(=O)N2CCCC2)cc(=O)[nH]1. The Labute approximate surface area is 112 Å². The molecule has 1 saturated heterocycles. The van der Waals surface area contributed by atoms with Crippen LogP contribution in [0.2, 0.25) is 0 Å². The minimum Gasteiger partial charge on any atom is -0.350 e. The predicted molar refractivity (Wildman–Crippen MR) is 73.3 cm³/mol. The zero-order valence-corrected chi connectivity index (χ0v) is 11.5. The molecule has 6 heteroatoms. The van der Waals surface area contributed by atoms with Crippen molar-refractivity contribution in [2.75, 3.05) is 31.6 Å². The summed E-state index contributed by atoms with van der Waals surface area (Å²) in [5.74, 6) is 1.29. The van der Waals surface area contributed by atoms with Gasteiger partial charge in [-0.1, -0.05) is 6.92 Å². The Morgan fingerprint density at radius 2 is 2.16 bits per heavy atom. The molecule has 0 bridgehead atoms. The lowest BCUT2D eigenvalue weighted by molar-refractivity contribution is -0.128. The number of hydrogen-bond donors (Lipinski definition) is 1. The maximum absolute atomic E-state index is 12.0. The normalized spacial score (nSPS) is 14.7. The maximum atomic E-state index is 12.0. The Kier molecular flexibility index (Phi) is 4.19. The lowest BCUT2D eigenvalue weighted by Crippen LogP contribution is -2.38. The molecule has 1 aliphatic rings. The molecule has 1 fully saturated rings. The van der Waals surface area contributed by atoms with Gasteiger partial charge in [0.1, 0.15) is 11.6 Å². The molecule has 2 heterocycles. The summed E-state index contributed by atoms with van der Waals surface area (Å²) in [4.78, 5) is 34.1. The standard InChI is InChI=1S/C13H20N4O2/c1-3-10-14-11(8-12(18)15-10)16(2)9-13(19)17-6-4-5-7-17/h8H,3-7,9H2,1-2H3,(H,14,15,18). The van der Waals surface area contributed by atoms with Crippen molar-refractivity contribution in [1.29, 1.82) is 0 Å². The van der Waals surface area contributed by atoms with Crippen molar-refractivity contribution >= 4 is 11.7 Å². The van der Waals surface area contributed by atoms with E-state index >= 15 is 0 Å². The molecule has 0 aromatic carbocycles. The van der Waals surface area contributed by atoms with E-state index in [2.05, 4.69) is 9.97 Å². The van der Waals surface area contributed by atoms with Gasteiger partial charge < -0.3 is 14.8 Å². The fourth-order valence-corrected chi connectivity index (χ4v) is 2.21. The van der Waals surface area contributed by atoms with Gasteiger partial charge in [0.2, 0.25) is 5.91 Å². The second-order valence-corrected chi connectivity index (χ2v) is 4.85. The lowest BCUT2D eigenvalue weighted by atomic mass is 10.4. The third-order valence-corrected chi connectivity index (χ3v) is 3.33. The number of carbonyl (C=O) groups is 1. The number of nitrogens with zero attached hydrogens (tertiary/aromatic N) is 3. The van der Waals surface area contributed by atoms with Crippen LogP contribution in [-0.2, 0) is 11.2 Å². The summed E-state index contributed by atoms with van der Waals surface area (Å²) < 4.78 is 0. The van der Waals surface area contributed by atoms with E-state index in [1.54, 1.807) is 11.9 Å². The lowest BCUT2D eigenvalue weighted by Gasteiger charge is -2.22. The molecule has 0 saturated carbocycles. The van der Waals surface area contributed by atoms with Crippen LogP contribution in [0.1, 0.15) is 25.6 Å². The van der Waals surface area contributed by atoms with Crippen LogP contribution in [0.5, 0.6) is 0 Å². The molecule has 0 aliphatic carbocycles. The van der Waals surface area contributed by atoms with Crippen molar-refractivity contribution in [3.63, 3.8) is 0 Å². The minimum atomic E-state index is -0.178. The number of aromatic amines is 1. The summed E-state index contributed by atoms with van der Waals surface area (Å²) in [5, 5.41) is 0. The highest BCUT2D eigenvalue weighted by Crippen LogP contribution is 2.10. The molecular weight excluding hydrogens is 244 g/mol. The molecule has 0 radical (unpaired) electrons. The topological polar surface area (TPSA) is 69.3 Å². The number of hydrogen-bond acceptors (Lipinski definition) is 4. The average molecular weight is 264 g/mol. The highest BCUT2D eigenvalue weighted by Gasteiger charge is 2.19. The molecule has 1 aromatic rings. The summed E-state index contributed by atoms with van der Waals surface area (Å²) in [6.07, 6.45) is 2.83. The monoisotopic (exact) mass is 264 g/mol. The van der Waals surface area contributed by atoms with Gasteiger partial charge in [-0.2, -0.15) is 0 Å². The summed E-state index contributed by atoms with van der Waals surface area (Å²) in [6.45, 7) is 3.88. The molecule has 2 rings (SSSR count). The first-order valence-corrected chi connectivity index (χ1v) is 6.69. The first kappa shape index (κ1) is 13.6. The quantitative estimate of drug-likeness (QED) is 0.854. The molecule has 104 valence electrons. The van der Waals surface area contributed by atoms with Crippen LogP contribution < -0.4 is 10.5 Å². The Morgan fingerprint density at radius 3 is 2.79 bits per heavy atom. The highest BCUT2D eigenvalue weighted by atomic mass is 16.2. The van der Waals surface area contributed by atoms with Crippen LogP contribution in [0.3, 0.4) is 0 Å².